The maximum Gasteiger partial charge on any atom is 0.231 e. The standard InChI is InChI=1S/C13H22N4O2/c1-16(2)8-10-5-6-17(9-10)13-14-11(18-3)7-12(15-13)19-4/h7,10H,5-6,8-9H2,1-4H3. The molecule has 2 rings (SSSR count). The summed E-state index contributed by atoms with van der Waals surface area (Å²) in [6.45, 7) is 3.06. The van der Waals surface area contributed by atoms with Gasteiger partial charge in [0.25, 0.3) is 0 Å². The van der Waals surface area contributed by atoms with Gasteiger partial charge in [-0.05, 0) is 26.4 Å². The summed E-state index contributed by atoms with van der Waals surface area (Å²) in [6.07, 6.45) is 1.17. The normalized spacial score (nSPS) is 19.0. The summed E-state index contributed by atoms with van der Waals surface area (Å²) < 4.78 is 10.4. The Morgan fingerprint density at radius 2 is 1.89 bits per heavy atom. The van der Waals surface area contributed by atoms with E-state index in [1.807, 2.05) is 0 Å². The lowest BCUT2D eigenvalue weighted by molar-refractivity contribution is 0.340. The van der Waals surface area contributed by atoms with Crippen LogP contribution in [0.25, 0.3) is 0 Å². The average molecular weight is 266 g/mol. The van der Waals surface area contributed by atoms with E-state index < -0.39 is 0 Å². The molecule has 0 bridgehead atoms. The first kappa shape index (κ1) is 13.9. The molecule has 1 aliphatic heterocycles. The third-order valence-corrected chi connectivity index (χ3v) is 3.28. The van der Waals surface area contributed by atoms with Gasteiger partial charge in [-0.3, -0.25) is 0 Å². The predicted molar refractivity (Wildman–Crippen MR) is 74.0 cm³/mol. The van der Waals surface area contributed by atoms with Crippen LogP contribution in [0.1, 0.15) is 6.42 Å². The van der Waals surface area contributed by atoms with Crippen molar-refractivity contribution in [1.82, 2.24) is 14.9 Å². The van der Waals surface area contributed by atoms with E-state index in [1.54, 1.807) is 20.3 Å². The van der Waals surface area contributed by atoms with E-state index in [1.165, 1.54) is 6.42 Å². The second kappa shape index (κ2) is 6.06. The van der Waals surface area contributed by atoms with Gasteiger partial charge < -0.3 is 19.3 Å². The zero-order valence-electron chi connectivity index (χ0n) is 12.1. The Balaban J connectivity index is 2.10. The minimum atomic E-state index is 0.540. The van der Waals surface area contributed by atoms with Crippen LogP contribution in [-0.2, 0) is 0 Å². The molecular formula is C13H22N4O2. The summed E-state index contributed by atoms with van der Waals surface area (Å²) in [5, 5.41) is 0. The van der Waals surface area contributed by atoms with Crippen LogP contribution in [0, 0.1) is 5.92 Å². The Hall–Kier alpha value is -1.56. The van der Waals surface area contributed by atoms with Crippen LogP contribution in [0.5, 0.6) is 11.8 Å². The SMILES string of the molecule is COc1cc(OC)nc(N2CCC(CN(C)C)C2)n1. The lowest BCUT2D eigenvalue weighted by atomic mass is 10.1. The molecule has 1 saturated heterocycles. The lowest BCUT2D eigenvalue weighted by Gasteiger charge is -2.19. The third kappa shape index (κ3) is 3.47. The van der Waals surface area contributed by atoms with Gasteiger partial charge in [-0.15, -0.1) is 0 Å². The van der Waals surface area contributed by atoms with Gasteiger partial charge in [-0.2, -0.15) is 9.97 Å². The van der Waals surface area contributed by atoms with Crippen molar-refractivity contribution in [3.05, 3.63) is 6.07 Å². The fourth-order valence-electron chi connectivity index (χ4n) is 2.42. The Bertz CT molecular complexity index is 403. The van der Waals surface area contributed by atoms with Crippen LogP contribution in [0.3, 0.4) is 0 Å². The molecular weight excluding hydrogens is 244 g/mol. The average Bonchev–Trinajstić information content (AvgIpc) is 2.85. The zero-order valence-corrected chi connectivity index (χ0v) is 12.1. The van der Waals surface area contributed by atoms with Crippen molar-refractivity contribution in [3.63, 3.8) is 0 Å². The van der Waals surface area contributed by atoms with Gasteiger partial charge in [0.1, 0.15) is 0 Å². The molecule has 0 radical (unpaired) electrons. The molecule has 1 atom stereocenters. The van der Waals surface area contributed by atoms with Crippen LogP contribution in [0.4, 0.5) is 5.95 Å². The van der Waals surface area contributed by atoms with Crippen molar-refractivity contribution in [2.45, 2.75) is 6.42 Å². The number of methoxy groups -OCH3 is 2. The summed E-state index contributed by atoms with van der Waals surface area (Å²) in [4.78, 5) is 13.2. The molecule has 1 fully saturated rings. The number of nitrogens with zero attached hydrogens (tertiary/aromatic N) is 4. The highest BCUT2D eigenvalue weighted by Crippen LogP contribution is 2.25. The van der Waals surface area contributed by atoms with Crippen LogP contribution in [-0.4, -0.2) is 62.8 Å². The zero-order chi connectivity index (χ0) is 13.8. The molecule has 1 aromatic heterocycles. The van der Waals surface area contributed by atoms with Gasteiger partial charge in [0.2, 0.25) is 17.7 Å². The van der Waals surface area contributed by atoms with Crippen molar-refractivity contribution in [1.29, 1.82) is 0 Å². The van der Waals surface area contributed by atoms with E-state index in [9.17, 15) is 0 Å². The molecule has 0 aromatic carbocycles. The van der Waals surface area contributed by atoms with Crippen LogP contribution in [0.15, 0.2) is 6.07 Å². The molecule has 1 aliphatic rings. The molecule has 0 amide bonds. The Labute approximate surface area is 114 Å². The number of anilines is 1. The highest BCUT2D eigenvalue weighted by atomic mass is 16.5. The fourth-order valence-corrected chi connectivity index (χ4v) is 2.42. The summed E-state index contributed by atoms with van der Waals surface area (Å²) in [5.74, 6) is 2.43. The smallest absolute Gasteiger partial charge is 0.231 e. The van der Waals surface area contributed by atoms with Gasteiger partial charge >= 0.3 is 0 Å². The van der Waals surface area contributed by atoms with E-state index in [4.69, 9.17) is 9.47 Å². The van der Waals surface area contributed by atoms with Crippen molar-refractivity contribution in [2.24, 2.45) is 5.92 Å². The maximum absolute atomic E-state index is 5.18. The largest absolute Gasteiger partial charge is 0.481 e. The molecule has 2 heterocycles. The molecule has 0 aliphatic carbocycles. The molecule has 1 unspecified atom stereocenters. The second-order valence-corrected chi connectivity index (χ2v) is 5.12. The van der Waals surface area contributed by atoms with Crippen molar-refractivity contribution < 1.29 is 9.47 Å². The number of aromatic nitrogens is 2. The van der Waals surface area contributed by atoms with E-state index in [0.29, 0.717) is 23.6 Å². The Morgan fingerprint density at radius 3 is 2.42 bits per heavy atom. The first-order valence-corrected chi connectivity index (χ1v) is 6.49. The summed E-state index contributed by atoms with van der Waals surface area (Å²) in [5.41, 5.74) is 0. The maximum atomic E-state index is 5.18. The van der Waals surface area contributed by atoms with Crippen LogP contribution < -0.4 is 14.4 Å². The quantitative estimate of drug-likeness (QED) is 0.788. The monoisotopic (exact) mass is 266 g/mol. The summed E-state index contributed by atoms with van der Waals surface area (Å²) >= 11 is 0. The topological polar surface area (TPSA) is 50.7 Å². The van der Waals surface area contributed by atoms with Crippen LogP contribution in [0.2, 0.25) is 0 Å². The minimum absolute atomic E-state index is 0.540. The first-order chi connectivity index (χ1) is 9.12. The molecule has 106 valence electrons. The third-order valence-electron chi connectivity index (χ3n) is 3.28. The van der Waals surface area contributed by atoms with E-state index in [-0.39, 0.29) is 0 Å². The van der Waals surface area contributed by atoms with Crippen LogP contribution >= 0.6 is 0 Å². The Kier molecular flexibility index (Phi) is 4.42. The molecule has 0 saturated carbocycles. The molecule has 1 aromatic rings. The number of hydrogen-bond donors (Lipinski definition) is 0. The van der Waals surface area contributed by atoms with E-state index in [2.05, 4.69) is 33.9 Å². The Morgan fingerprint density at radius 1 is 1.26 bits per heavy atom. The lowest BCUT2D eigenvalue weighted by Crippen LogP contribution is -2.26. The first-order valence-electron chi connectivity index (χ1n) is 6.49. The highest BCUT2D eigenvalue weighted by molar-refractivity contribution is 5.37. The highest BCUT2D eigenvalue weighted by Gasteiger charge is 2.25. The minimum Gasteiger partial charge on any atom is -0.481 e. The number of rotatable bonds is 5. The van der Waals surface area contributed by atoms with Gasteiger partial charge in [-0.1, -0.05) is 0 Å². The van der Waals surface area contributed by atoms with Gasteiger partial charge in [-0.25, -0.2) is 0 Å². The second-order valence-electron chi connectivity index (χ2n) is 5.12. The predicted octanol–water partition coefficient (Wildman–Crippen LogP) is 0.882. The summed E-state index contributed by atoms with van der Waals surface area (Å²) in [7, 11) is 7.41. The van der Waals surface area contributed by atoms with E-state index in [0.717, 1.165) is 19.6 Å². The van der Waals surface area contributed by atoms with Gasteiger partial charge in [0.15, 0.2) is 0 Å². The molecule has 0 spiro atoms. The molecule has 0 N–H and O–H groups in total. The van der Waals surface area contributed by atoms with Crippen molar-refractivity contribution >= 4 is 5.95 Å². The number of ether oxygens (including phenoxy) is 2. The van der Waals surface area contributed by atoms with E-state index >= 15 is 0 Å². The molecule has 19 heavy (non-hydrogen) atoms. The number of hydrogen-bond acceptors (Lipinski definition) is 6. The van der Waals surface area contributed by atoms with Gasteiger partial charge in [0, 0.05) is 19.6 Å². The molecule has 6 heteroatoms. The summed E-state index contributed by atoms with van der Waals surface area (Å²) in [6, 6.07) is 1.69. The fraction of sp³-hybridized carbons (Fsp3) is 0.692. The van der Waals surface area contributed by atoms with Crippen molar-refractivity contribution in [2.75, 3.05) is 52.8 Å². The van der Waals surface area contributed by atoms with Gasteiger partial charge in [0.05, 0.1) is 20.3 Å². The van der Waals surface area contributed by atoms with Crippen molar-refractivity contribution in [3.8, 4) is 11.8 Å². The molecule has 6 nitrogen and oxygen atoms in total.